The molecule has 0 radical (unpaired) electrons. The van der Waals surface area contributed by atoms with E-state index in [1.807, 2.05) is 4.72 Å². The number of fused-ring (bicyclic) bond motifs is 1. The Bertz CT molecular complexity index is 1730. The molecule has 5 amide bonds. The fourth-order valence-corrected chi connectivity index (χ4v) is 5.35. The highest BCUT2D eigenvalue weighted by Gasteiger charge is 2.42. The molecule has 2 aromatic rings. The number of phenols is 2. The number of urea groups is 1. The molecule has 0 spiro atoms. The molecular weight excluding hydrogens is 662 g/mol. The molecule has 1 fully saturated rings. The molecular formula is C24H25BClFN6O12S. The Hall–Kier alpha value is -4.70. The van der Waals surface area contributed by atoms with Crippen LogP contribution in [0, 0.1) is 5.82 Å². The SMILES string of the molecule is NS(=O)(=O)NCCN1CCN(C(=O)N[C@@H](C(=O)N[C@H]2Cc3ccc(F)c(C(=O)O)c3OB2O)c2ccc(O)c(O)c2Cl)C(=O)C1=O. The maximum absolute atomic E-state index is 14.1. The molecule has 22 heteroatoms. The Kier molecular flexibility index (Phi) is 9.92. The van der Waals surface area contributed by atoms with Crippen molar-refractivity contribution in [3.8, 4) is 17.2 Å². The normalized spacial score (nSPS) is 17.2. The van der Waals surface area contributed by atoms with E-state index in [2.05, 4.69) is 10.6 Å². The average molecular weight is 687 g/mol. The Morgan fingerprint density at radius 3 is 2.50 bits per heavy atom. The first-order chi connectivity index (χ1) is 21.5. The molecule has 4 rings (SSSR count). The first-order valence-electron chi connectivity index (χ1n) is 13.1. The summed E-state index contributed by atoms with van der Waals surface area (Å²) in [7, 11) is -5.98. The number of carbonyl (C=O) groups is 5. The molecule has 2 aromatic carbocycles. The summed E-state index contributed by atoms with van der Waals surface area (Å²) in [6.07, 6.45) is -0.271. The minimum absolute atomic E-state index is 0.108. The van der Waals surface area contributed by atoms with Crippen molar-refractivity contribution in [1.29, 1.82) is 0 Å². The van der Waals surface area contributed by atoms with E-state index in [4.69, 9.17) is 21.4 Å². The molecule has 18 nitrogen and oxygen atoms in total. The van der Waals surface area contributed by atoms with Crippen molar-refractivity contribution in [3.63, 3.8) is 0 Å². The Morgan fingerprint density at radius 2 is 1.85 bits per heavy atom. The van der Waals surface area contributed by atoms with Gasteiger partial charge in [-0.1, -0.05) is 23.7 Å². The van der Waals surface area contributed by atoms with E-state index in [9.17, 15) is 57.1 Å². The zero-order chi connectivity index (χ0) is 34.1. The topological polar surface area (TPSA) is 278 Å². The van der Waals surface area contributed by atoms with Gasteiger partial charge >= 0.3 is 30.9 Å². The van der Waals surface area contributed by atoms with E-state index in [0.29, 0.717) is 4.90 Å². The zero-order valence-electron chi connectivity index (χ0n) is 23.3. The molecule has 2 aliphatic rings. The van der Waals surface area contributed by atoms with Crippen LogP contribution in [0.15, 0.2) is 24.3 Å². The number of rotatable bonds is 9. The smallest absolute Gasteiger partial charge is 0.534 e. The lowest BCUT2D eigenvalue weighted by Crippen LogP contribution is -2.60. The number of halogens is 2. The van der Waals surface area contributed by atoms with Gasteiger partial charge in [-0.2, -0.15) is 8.42 Å². The van der Waals surface area contributed by atoms with Crippen LogP contribution in [0.25, 0.3) is 0 Å². The van der Waals surface area contributed by atoms with Gasteiger partial charge in [0.2, 0.25) is 5.91 Å². The molecule has 0 saturated carbocycles. The van der Waals surface area contributed by atoms with E-state index in [1.54, 1.807) is 0 Å². The van der Waals surface area contributed by atoms with Gasteiger partial charge < -0.3 is 40.5 Å². The van der Waals surface area contributed by atoms with Gasteiger partial charge in [-0.25, -0.2) is 23.8 Å². The summed E-state index contributed by atoms with van der Waals surface area (Å²) < 4.78 is 43.4. The Morgan fingerprint density at radius 1 is 1.15 bits per heavy atom. The van der Waals surface area contributed by atoms with Gasteiger partial charge in [0.15, 0.2) is 11.5 Å². The first kappa shape index (κ1) is 34.2. The minimum atomic E-state index is -4.07. The lowest BCUT2D eigenvalue weighted by Gasteiger charge is -2.34. The second-order valence-electron chi connectivity index (χ2n) is 9.95. The number of aromatic hydroxyl groups is 2. The molecule has 46 heavy (non-hydrogen) atoms. The van der Waals surface area contributed by atoms with E-state index in [1.165, 1.54) is 6.07 Å². The number of nitrogens with two attached hydrogens (primary N) is 1. The summed E-state index contributed by atoms with van der Waals surface area (Å²) in [6.45, 7) is -1.17. The van der Waals surface area contributed by atoms with E-state index in [0.717, 1.165) is 23.1 Å². The number of phenolic OH excluding ortho intramolecular Hbond substituents is 2. The summed E-state index contributed by atoms with van der Waals surface area (Å²) >= 11 is 6.15. The second-order valence-corrected chi connectivity index (χ2v) is 11.7. The van der Waals surface area contributed by atoms with Crippen molar-refractivity contribution in [2.75, 3.05) is 26.2 Å². The van der Waals surface area contributed by atoms with Crippen LogP contribution in [0.3, 0.4) is 0 Å². The average Bonchev–Trinajstić information content (AvgIpc) is 2.97. The Balaban J connectivity index is 1.55. The third kappa shape index (κ3) is 7.23. The van der Waals surface area contributed by atoms with Crippen molar-refractivity contribution < 1.29 is 61.8 Å². The van der Waals surface area contributed by atoms with Gasteiger partial charge in [0.25, 0.3) is 10.2 Å². The molecule has 2 atom stereocenters. The number of nitrogens with one attached hydrogen (secondary N) is 3. The largest absolute Gasteiger partial charge is 0.547 e. The van der Waals surface area contributed by atoms with Gasteiger partial charge in [0.05, 0.1) is 11.0 Å². The maximum Gasteiger partial charge on any atom is 0.547 e. The highest BCUT2D eigenvalue weighted by Crippen LogP contribution is 2.38. The lowest BCUT2D eigenvalue weighted by molar-refractivity contribution is -0.153. The van der Waals surface area contributed by atoms with Crippen molar-refractivity contribution in [2.45, 2.75) is 18.4 Å². The maximum atomic E-state index is 14.1. The van der Waals surface area contributed by atoms with Crippen LogP contribution in [0.1, 0.15) is 27.5 Å². The summed E-state index contributed by atoms with van der Waals surface area (Å²) in [5.41, 5.74) is -1.02. The number of nitrogens with zero attached hydrogens (tertiary/aromatic N) is 2. The van der Waals surface area contributed by atoms with Crippen LogP contribution in [0.2, 0.25) is 5.02 Å². The van der Waals surface area contributed by atoms with Crippen molar-refractivity contribution in [2.24, 2.45) is 5.14 Å². The zero-order valence-corrected chi connectivity index (χ0v) is 24.8. The summed E-state index contributed by atoms with van der Waals surface area (Å²) in [5.74, 6) is -9.70. The van der Waals surface area contributed by atoms with Crippen molar-refractivity contribution >= 4 is 58.7 Å². The molecule has 0 aliphatic carbocycles. The van der Waals surface area contributed by atoms with Gasteiger partial charge in [0, 0.05) is 31.7 Å². The number of hydrogen-bond acceptors (Lipinski definition) is 11. The summed E-state index contributed by atoms with van der Waals surface area (Å²) in [5, 5.41) is 48.7. The fourth-order valence-electron chi connectivity index (χ4n) is 4.71. The molecule has 0 bridgehead atoms. The van der Waals surface area contributed by atoms with Crippen LogP contribution in [-0.2, 0) is 31.0 Å². The van der Waals surface area contributed by atoms with E-state index in [-0.39, 0.29) is 43.7 Å². The monoisotopic (exact) mass is 686 g/mol. The lowest BCUT2D eigenvalue weighted by atomic mass is 9.72. The van der Waals surface area contributed by atoms with Crippen LogP contribution in [-0.4, -0.2) is 108 Å². The summed E-state index contributed by atoms with van der Waals surface area (Å²) in [6, 6.07) is 0.946. The molecule has 0 unspecified atom stereocenters. The fraction of sp³-hybridized carbons (Fsp3) is 0.292. The number of aromatic carboxylic acids is 1. The second kappa shape index (κ2) is 13.3. The number of carbonyl (C=O) groups excluding carboxylic acids is 4. The van der Waals surface area contributed by atoms with Gasteiger partial charge in [0.1, 0.15) is 23.2 Å². The van der Waals surface area contributed by atoms with Gasteiger partial charge in [-0.15, -0.1) is 0 Å². The third-order valence-electron chi connectivity index (χ3n) is 6.96. The molecule has 2 aliphatic heterocycles. The molecule has 1 saturated heterocycles. The van der Waals surface area contributed by atoms with Gasteiger partial charge in [-0.05, 0) is 24.1 Å². The molecule has 246 valence electrons. The number of piperazine rings is 1. The predicted octanol–water partition coefficient (Wildman–Crippen LogP) is -2.06. The highest BCUT2D eigenvalue weighted by molar-refractivity contribution is 7.87. The number of imide groups is 1. The van der Waals surface area contributed by atoms with Crippen LogP contribution in [0.5, 0.6) is 17.2 Å². The number of hydrogen-bond donors (Lipinski definition) is 8. The molecule has 2 heterocycles. The standard InChI is InChI=1S/C24H25BClFN6O12S/c26-16-11(2-4-13(34)18(16)35)17(31-24(41)33-8-7-32(21(37)22(33)38)6-5-29-46(28,43)44)20(36)30-14-9-10-1-3-12(27)15(23(39)40)19(10)45-25(14)42/h1-4,14,17,29,34-35,42H,5-9H2,(H,30,36)(H,31,41)(H,39,40)(H2,28,43,44)/t14-,17+/m0/s1. The van der Waals surface area contributed by atoms with Crippen LogP contribution >= 0.6 is 11.6 Å². The quantitative estimate of drug-likeness (QED) is 0.0804. The number of carboxylic acids is 1. The molecule has 9 N–H and O–H groups in total. The highest BCUT2D eigenvalue weighted by atomic mass is 35.5. The minimum Gasteiger partial charge on any atom is -0.534 e. The third-order valence-corrected chi connectivity index (χ3v) is 7.96. The Labute approximate surface area is 264 Å². The van der Waals surface area contributed by atoms with Crippen LogP contribution < -0.4 is 25.1 Å². The number of benzene rings is 2. The number of amides is 5. The van der Waals surface area contributed by atoms with E-state index < -0.39 is 92.7 Å². The number of carboxylic acid groups (broad SMARTS) is 1. The van der Waals surface area contributed by atoms with Crippen molar-refractivity contribution in [1.82, 2.24) is 25.2 Å². The summed E-state index contributed by atoms with van der Waals surface area (Å²) in [4.78, 5) is 65.1. The van der Waals surface area contributed by atoms with E-state index >= 15 is 0 Å². The first-order valence-corrected chi connectivity index (χ1v) is 15.0. The molecule has 0 aromatic heterocycles. The van der Waals surface area contributed by atoms with Gasteiger partial charge in [-0.3, -0.25) is 19.3 Å². The van der Waals surface area contributed by atoms with Crippen molar-refractivity contribution in [3.05, 3.63) is 51.8 Å². The predicted molar refractivity (Wildman–Crippen MR) is 153 cm³/mol. The van der Waals surface area contributed by atoms with Crippen LogP contribution in [0.4, 0.5) is 9.18 Å².